The lowest BCUT2D eigenvalue weighted by Gasteiger charge is -2.31. The first-order valence-corrected chi connectivity index (χ1v) is 12.3. The Morgan fingerprint density at radius 1 is 1.16 bits per heavy atom. The molecule has 1 amide bonds. The molecule has 0 radical (unpaired) electrons. The van der Waals surface area contributed by atoms with Gasteiger partial charge in [0.05, 0.1) is 29.0 Å². The van der Waals surface area contributed by atoms with E-state index < -0.39 is 21.8 Å². The van der Waals surface area contributed by atoms with E-state index in [9.17, 15) is 17.6 Å². The molecular formula is C22H24ClFN2O5S. The molecule has 0 spiro atoms. The first-order valence-electron chi connectivity index (χ1n) is 10.5. The lowest BCUT2D eigenvalue weighted by molar-refractivity contribution is -0.126. The van der Waals surface area contributed by atoms with Crippen molar-refractivity contribution in [2.24, 2.45) is 5.92 Å². The Labute approximate surface area is 191 Å². The Kier molecular flexibility index (Phi) is 6.88. The molecule has 2 aliphatic rings. The molecule has 0 aliphatic carbocycles. The summed E-state index contributed by atoms with van der Waals surface area (Å²) < 4.78 is 51.5. The number of carbonyl (C=O) groups excluding carboxylic acids is 1. The van der Waals surface area contributed by atoms with Crippen LogP contribution < -0.4 is 14.8 Å². The van der Waals surface area contributed by atoms with E-state index in [1.54, 1.807) is 12.1 Å². The largest absolute Gasteiger partial charge is 0.489 e. The topological polar surface area (TPSA) is 84.9 Å². The summed E-state index contributed by atoms with van der Waals surface area (Å²) >= 11 is 6.31. The molecule has 10 heteroatoms. The van der Waals surface area contributed by atoms with Gasteiger partial charge in [0.15, 0.2) is 11.5 Å². The summed E-state index contributed by atoms with van der Waals surface area (Å²) in [6, 6.07) is 8.22. The molecule has 0 aromatic heterocycles. The maximum Gasteiger partial charge on any atom is 0.243 e. The number of ether oxygens (including phenoxy) is 2. The highest BCUT2D eigenvalue weighted by atomic mass is 35.5. The van der Waals surface area contributed by atoms with Gasteiger partial charge < -0.3 is 14.8 Å². The Morgan fingerprint density at radius 3 is 2.69 bits per heavy atom. The predicted molar refractivity (Wildman–Crippen MR) is 117 cm³/mol. The van der Waals surface area contributed by atoms with E-state index in [0.29, 0.717) is 49.1 Å². The third-order valence-corrected chi connectivity index (χ3v) is 7.70. The van der Waals surface area contributed by atoms with Gasteiger partial charge in [-0.3, -0.25) is 4.79 Å². The minimum absolute atomic E-state index is 0.0156. The van der Waals surface area contributed by atoms with Crippen LogP contribution in [0.5, 0.6) is 11.5 Å². The van der Waals surface area contributed by atoms with Crippen LogP contribution in [-0.2, 0) is 21.4 Å². The number of sulfonamides is 1. The van der Waals surface area contributed by atoms with E-state index in [1.807, 2.05) is 0 Å². The zero-order valence-corrected chi connectivity index (χ0v) is 18.9. The van der Waals surface area contributed by atoms with Crippen molar-refractivity contribution >= 4 is 27.5 Å². The highest BCUT2D eigenvalue weighted by Gasteiger charge is 2.33. The van der Waals surface area contributed by atoms with Gasteiger partial charge in [-0.25, -0.2) is 12.8 Å². The number of hydrogen-bond acceptors (Lipinski definition) is 5. The van der Waals surface area contributed by atoms with E-state index in [2.05, 4.69) is 5.32 Å². The van der Waals surface area contributed by atoms with E-state index >= 15 is 0 Å². The Morgan fingerprint density at radius 2 is 1.91 bits per heavy atom. The van der Waals surface area contributed by atoms with Gasteiger partial charge in [-0.05, 0) is 54.8 Å². The van der Waals surface area contributed by atoms with Crippen LogP contribution in [0.25, 0.3) is 0 Å². The molecular weight excluding hydrogens is 459 g/mol. The Balaban J connectivity index is 1.40. The SMILES string of the molecule is O=C(NCc1cc(Cl)c2c(c1)OCCCO2)[C@@H]1CCCN(S(=O)(=O)c2ccc(F)cc2)C1. The van der Waals surface area contributed by atoms with Crippen molar-refractivity contribution in [1.29, 1.82) is 0 Å². The summed E-state index contributed by atoms with van der Waals surface area (Å²) in [6.07, 6.45) is 1.91. The normalized spacial score (nSPS) is 19.2. The van der Waals surface area contributed by atoms with Gasteiger partial charge in [0.1, 0.15) is 5.82 Å². The van der Waals surface area contributed by atoms with E-state index in [-0.39, 0.29) is 23.9 Å². The second-order valence-electron chi connectivity index (χ2n) is 7.83. The molecule has 7 nitrogen and oxygen atoms in total. The minimum atomic E-state index is -3.79. The monoisotopic (exact) mass is 482 g/mol. The van der Waals surface area contributed by atoms with Crippen molar-refractivity contribution in [3.63, 3.8) is 0 Å². The number of carbonyl (C=O) groups is 1. The van der Waals surface area contributed by atoms with Crippen molar-refractivity contribution in [3.8, 4) is 11.5 Å². The van der Waals surface area contributed by atoms with Gasteiger partial charge in [-0.1, -0.05) is 11.6 Å². The summed E-state index contributed by atoms with van der Waals surface area (Å²) in [5.74, 6) is -0.154. The highest BCUT2D eigenvalue weighted by Crippen LogP contribution is 2.38. The number of rotatable bonds is 5. The van der Waals surface area contributed by atoms with Crippen molar-refractivity contribution in [3.05, 3.63) is 52.8 Å². The average molecular weight is 483 g/mol. The van der Waals surface area contributed by atoms with E-state index in [1.165, 1.54) is 16.4 Å². The lowest BCUT2D eigenvalue weighted by Crippen LogP contribution is -2.45. The summed E-state index contributed by atoms with van der Waals surface area (Å²) in [6.45, 7) is 1.69. The minimum Gasteiger partial charge on any atom is -0.489 e. The number of benzene rings is 2. The van der Waals surface area contributed by atoms with Gasteiger partial charge in [0.25, 0.3) is 0 Å². The van der Waals surface area contributed by atoms with Gasteiger partial charge in [0.2, 0.25) is 15.9 Å². The number of amides is 1. The smallest absolute Gasteiger partial charge is 0.243 e. The van der Waals surface area contributed by atoms with Crippen LogP contribution in [0.1, 0.15) is 24.8 Å². The average Bonchev–Trinajstić information content (AvgIpc) is 3.04. The Bertz CT molecular complexity index is 1090. The van der Waals surface area contributed by atoms with Crippen molar-refractivity contribution in [1.82, 2.24) is 9.62 Å². The fourth-order valence-corrected chi connectivity index (χ4v) is 5.66. The molecule has 2 heterocycles. The van der Waals surface area contributed by atoms with Crippen molar-refractivity contribution in [2.75, 3.05) is 26.3 Å². The fraction of sp³-hybridized carbons (Fsp3) is 0.409. The number of fused-ring (bicyclic) bond motifs is 1. The zero-order chi connectivity index (χ0) is 22.7. The van der Waals surface area contributed by atoms with Gasteiger partial charge in [0, 0.05) is 26.1 Å². The van der Waals surface area contributed by atoms with Gasteiger partial charge >= 0.3 is 0 Å². The van der Waals surface area contributed by atoms with E-state index in [0.717, 1.165) is 24.1 Å². The molecule has 172 valence electrons. The molecule has 32 heavy (non-hydrogen) atoms. The van der Waals surface area contributed by atoms with Crippen LogP contribution in [0.4, 0.5) is 4.39 Å². The second-order valence-corrected chi connectivity index (χ2v) is 10.2. The summed E-state index contributed by atoms with van der Waals surface area (Å²) in [4.78, 5) is 12.8. The summed E-state index contributed by atoms with van der Waals surface area (Å²) in [5.41, 5.74) is 0.763. The highest BCUT2D eigenvalue weighted by molar-refractivity contribution is 7.89. The third-order valence-electron chi connectivity index (χ3n) is 5.54. The van der Waals surface area contributed by atoms with Crippen LogP contribution in [-0.4, -0.2) is 44.9 Å². The molecule has 2 aromatic carbocycles. The molecule has 0 unspecified atom stereocenters. The maximum atomic E-state index is 13.2. The standard InChI is InChI=1S/C22H24ClFN2O5S/c23-19-11-15(12-20-21(19)31-10-2-9-30-20)13-25-22(27)16-3-1-8-26(14-16)32(28,29)18-6-4-17(24)5-7-18/h4-7,11-12,16H,1-3,8-10,13-14H2,(H,25,27)/t16-/m1/s1. The quantitative estimate of drug-likeness (QED) is 0.706. The Hall–Kier alpha value is -2.36. The number of nitrogens with zero attached hydrogens (tertiary/aromatic N) is 1. The maximum absolute atomic E-state index is 13.2. The van der Waals surface area contributed by atoms with Crippen LogP contribution >= 0.6 is 11.6 Å². The summed E-state index contributed by atoms with van der Waals surface area (Å²) in [5, 5.41) is 3.29. The molecule has 1 saturated heterocycles. The molecule has 0 saturated carbocycles. The van der Waals surface area contributed by atoms with Gasteiger partial charge in [-0.2, -0.15) is 4.31 Å². The molecule has 2 aromatic rings. The van der Waals surface area contributed by atoms with Crippen LogP contribution in [0.2, 0.25) is 5.02 Å². The van der Waals surface area contributed by atoms with Gasteiger partial charge in [-0.15, -0.1) is 0 Å². The lowest BCUT2D eigenvalue weighted by atomic mass is 9.98. The number of piperidine rings is 1. The molecule has 1 fully saturated rings. The number of halogens is 2. The molecule has 1 N–H and O–H groups in total. The predicted octanol–water partition coefficient (Wildman–Crippen LogP) is 3.36. The molecule has 1 atom stereocenters. The van der Waals surface area contributed by atoms with Crippen molar-refractivity contribution < 1.29 is 27.1 Å². The van der Waals surface area contributed by atoms with Crippen LogP contribution in [0.15, 0.2) is 41.3 Å². The number of nitrogens with one attached hydrogen (secondary N) is 1. The first-order chi connectivity index (χ1) is 15.3. The molecule has 2 aliphatic heterocycles. The summed E-state index contributed by atoms with van der Waals surface area (Å²) in [7, 11) is -3.79. The fourth-order valence-electron chi connectivity index (χ4n) is 3.85. The third kappa shape index (κ3) is 5.00. The van der Waals surface area contributed by atoms with Crippen molar-refractivity contribution in [2.45, 2.75) is 30.7 Å². The van der Waals surface area contributed by atoms with E-state index in [4.69, 9.17) is 21.1 Å². The zero-order valence-electron chi connectivity index (χ0n) is 17.4. The molecule has 4 rings (SSSR count). The van der Waals surface area contributed by atoms with Crippen LogP contribution in [0, 0.1) is 11.7 Å². The first kappa shape index (κ1) is 22.8. The van der Waals surface area contributed by atoms with Crippen LogP contribution in [0.3, 0.4) is 0 Å². The second kappa shape index (κ2) is 9.64. The number of hydrogen-bond donors (Lipinski definition) is 1. The molecule has 0 bridgehead atoms.